The number of rotatable bonds is 6. The van der Waals surface area contributed by atoms with Crippen molar-refractivity contribution < 1.29 is 14.3 Å². The number of nitrogen functional groups attached to an aromatic ring is 3. The van der Waals surface area contributed by atoms with E-state index in [1.54, 1.807) is 20.9 Å². The Labute approximate surface area is 197 Å². The number of ether oxygens (including phenoxy) is 2. The molecule has 17 nitrogen and oxygen atoms in total. The Morgan fingerprint density at radius 2 is 1.57 bits per heavy atom. The maximum absolute atomic E-state index is 12.0. The first-order valence-electron chi connectivity index (χ1n) is 9.94. The molecule has 0 saturated carbocycles. The molecule has 182 valence electrons. The number of hydrogen-bond acceptors (Lipinski definition) is 14. The smallest absolute Gasteiger partial charge is 0.343 e. The highest BCUT2D eigenvalue weighted by Gasteiger charge is 2.22. The lowest BCUT2D eigenvalue weighted by molar-refractivity contribution is 0.0601. The fourth-order valence-corrected chi connectivity index (χ4v) is 3.04. The van der Waals surface area contributed by atoms with Crippen LogP contribution in [0.3, 0.4) is 0 Å². The molecule has 17 heteroatoms. The Kier molecular flexibility index (Phi) is 5.73. The van der Waals surface area contributed by atoms with Crippen molar-refractivity contribution in [2.75, 3.05) is 31.4 Å². The highest BCUT2D eigenvalue weighted by molar-refractivity contribution is 5.93. The van der Waals surface area contributed by atoms with E-state index in [0.29, 0.717) is 17.1 Å². The third-order valence-electron chi connectivity index (χ3n) is 4.92. The Bertz CT molecular complexity index is 1460. The molecule has 0 aliphatic carbocycles. The van der Waals surface area contributed by atoms with Gasteiger partial charge in [-0.15, -0.1) is 10.2 Å². The van der Waals surface area contributed by atoms with Crippen molar-refractivity contribution in [2.24, 2.45) is 17.3 Å². The van der Waals surface area contributed by atoms with Gasteiger partial charge in [-0.05, 0) is 13.8 Å². The van der Waals surface area contributed by atoms with Crippen LogP contribution in [0.1, 0.15) is 21.7 Å². The van der Waals surface area contributed by atoms with Crippen LogP contribution in [0.4, 0.5) is 28.8 Å². The second kappa shape index (κ2) is 8.69. The number of esters is 1. The predicted molar refractivity (Wildman–Crippen MR) is 122 cm³/mol. The zero-order valence-corrected chi connectivity index (χ0v) is 19.5. The van der Waals surface area contributed by atoms with E-state index in [1.165, 1.54) is 34.5 Å². The zero-order chi connectivity index (χ0) is 25.4. The maximum atomic E-state index is 12.0. The second-order valence-electron chi connectivity index (χ2n) is 7.15. The number of aryl methyl sites for hydroxylation is 3. The summed E-state index contributed by atoms with van der Waals surface area (Å²) in [4.78, 5) is 24.7. The van der Waals surface area contributed by atoms with E-state index in [1.807, 2.05) is 0 Å². The van der Waals surface area contributed by atoms with Crippen LogP contribution >= 0.6 is 0 Å². The molecule has 4 rings (SSSR count). The van der Waals surface area contributed by atoms with Crippen LogP contribution < -0.4 is 21.9 Å². The van der Waals surface area contributed by atoms with Crippen LogP contribution in [0.5, 0.6) is 6.01 Å². The van der Waals surface area contributed by atoms with E-state index in [4.69, 9.17) is 26.7 Å². The summed E-state index contributed by atoms with van der Waals surface area (Å²) in [6.45, 7) is 3.36. The molecule has 0 amide bonds. The molecule has 6 N–H and O–H groups in total. The summed E-state index contributed by atoms with van der Waals surface area (Å²) in [5.41, 5.74) is 19.8. The standard InChI is InChI=1S/C18H22N14O3/c1-7-10(19)12(20)31(28-7)16-23-17(25-18(24-16)35-5)32-13(21)11(8(2)29-32)26-27-14-9(15(33)34-4)6-22-30(14)3/h6H,19-21H2,1-5H3/b27-26+. The minimum Gasteiger partial charge on any atom is -0.467 e. The maximum Gasteiger partial charge on any atom is 0.343 e. The van der Waals surface area contributed by atoms with Crippen molar-refractivity contribution in [1.82, 2.24) is 44.3 Å². The van der Waals surface area contributed by atoms with Crippen molar-refractivity contribution in [3.63, 3.8) is 0 Å². The lowest BCUT2D eigenvalue weighted by atomic mass is 10.3. The van der Waals surface area contributed by atoms with Crippen LogP contribution in [-0.2, 0) is 11.8 Å². The summed E-state index contributed by atoms with van der Waals surface area (Å²) in [5, 5.41) is 20.9. The van der Waals surface area contributed by atoms with Gasteiger partial charge in [0.05, 0.1) is 37.5 Å². The first kappa shape index (κ1) is 23.1. The van der Waals surface area contributed by atoms with Gasteiger partial charge in [-0.3, -0.25) is 0 Å². The van der Waals surface area contributed by atoms with Crippen molar-refractivity contribution >= 4 is 34.8 Å². The second-order valence-corrected chi connectivity index (χ2v) is 7.15. The van der Waals surface area contributed by atoms with E-state index in [9.17, 15) is 4.79 Å². The average molecular weight is 482 g/mol. The molecule has 4 heterocycles. The number of carbonyl (C=O) groups is 1. The summed E-state index contributed by atoms with van der Waals surface area (Å²) >= 11 is 0. The number of carbonyl (C=O) groups excluding carboxylic acids is 1. The summed E-state index contributed by atoms with van der Waals surface area (Å²) in [6, 6.07) is -0.0375. The van der Waals surface area contributed by atoms with Crippen LogP contribution in [-0.4, -0.2) is 64.5 Å². The van der Waals surface area contributed by atoms with Crippen LogP contribution in [0.2, 0.25) is 0 Å². The summed E-state index contributed by atoms with van der Waals surface area (Å²) in [5.74, 6) is -0.163. The lowest BCUT2D eigenvalue weighted by Crippen LogP contribution is -2.14. The molecule has 0 spiro atoms. The van der Waals surface area contributed by atoms with Crippen LogP contribution in [0.25, 0.3) is 11.9 Å². The largest absolute Gasteiger partial charge is 0.467 e. The molecule has 0 aromatic carbocycles. The Balaban J connectivity index is 1.78. The van der Waals surface area contributed by atoms with E-state index >= 15 is 0 Å². The van der Waals surface area contributed by atoms with Gasteiger partial charge in [-0.1, -0.05) is 0 Å². The molecule has 0 fully saturated rings. The van der Waals surface area contributed by atoms with Crippen molar-refractivity contribution in [3.8, 4) is 17.9 Å². The van der Waals surface area contributed by atoms with Gasteiger partial charge in [0, 0.05) is 7.05 Å². The molecule has 0 radical (unpaired) electrons. The molecule has 35 heavy (non-hydrogen) atoms. The number of nitrogens with two attached hydrogens (primary N) is 3. The van der Waals surface area contributed by atoms with E-state index in [0.717, 1.165) is 0 Å². The Morgan fingerprint density at radius 1 is 0.943 bits per heavy atom. The number of hydrogen-bond donors (Lipinski definition) is 3. The first-order valence-corrected chi connectivity index (χ1v) is 9.94. The van der Waals surface area contributed by atoms with Gasteiger partial charge >= 0.3 is 12.0 Å². The van der Waals surface area contributed by atoms with Crippen molar-refractivity contribution in [1.29, 1.82) is 0 Å². The molecular formula is C18H22N14O3. The third kappa shape index (κ3) is 3.94. The molecule has 0 saturated heterocycles. The Morgan fingerprint density at radius 3 is 2.14 bits per heavy atom. The summed E-state index contributed by atoms with van der Waals surface area (Å²) in [7, 11) is 4.25. The molecule has 0 aliphatic rings. The number of aromatic nitrogens is 9. The van der Waals surface area contributed by atoms with Gasteiger partial charge in [0.25, 0.3) is 11.9 Å². The van der Waals surface area contributed by atoms with Gasteiger partial charge in [-0.2, -0.15) is 39.6 Å². The minimum atomic E-state index is -0.606. The highest BCUT2D eigenvalue weighted by Crippen LogP contribution is 2.31. The molecular weight excluding hydrogens is 460 g/mol. The first-order chi connectivity index (χ1) is 16.7. The van der Waals surface area contributed by atoms with Crippen molar-refractivity contribution in [2.45, 2.75) is 13.8 Å². The summed E-state index contributed by atoms with van der Waals surface area (Å²) < 4.78 is 13.8. The lowest BCUT2D eigenvalue weighted by Gasteiger charge is -2.08. The number of azo groups is 1. The fourth-order valence-electron chi connectivity index (χ4n) is 3.04. The van der Waals surface area contributed by atoms with Crippen LogP contribution in [0, 0.1) is 13.8 Å². The normalized spacial score (nSPS) is 11.3. The van der Waals surface area contributed by atoms with Gasteiger partial charge in [0.2, 0.25) is 0 Å². The molecule has 0 aliphatic heterocycles. The zero-order valence-electron chi connectivity index (χ0n) is 19.5. The Hall–Kier alpha value is -5.09. The molecule has 4 aromatic rings. The molecule has 0 bridgehead atoms. The minimum absolute atomic E-state index is 0.0100. The number of anilines is 3. The molecule has 0 unspecified atom stereocenters. The van der Waals surface area contributed by atoms with E-state index in [-0.39, 0.29) is 46.6 Å². The van der Waals surface area contributed by atoms with Gasteiger partial charge in [-0.25, -0.2) is 9.48 Å². The van der Waals surface area contributed by atoms with E-state index in [2.05, 4.69) is 40.5 Å². The molecule has 4 aromatic heterocycles. The highest BCUT2D eigenvalue weighted by atomic mass is 16.5. The number of methoxy groups -OCH3 is 2. The average Bonchev–Trinajstić information content (AvgIpc) is 3.45. The summed E-state index contributed by atoms with van der Waals surface area (Å²) in [6.07, 6.45) is 1.33. The van der Waals surface area contributed by atoms with Gasteiger partial charge in [0.15, 0.2) is 23.1 Å². The third-order valence-corrected chi connectivity index (χ3v) is 4.92. The SMILES string of the molecule is COC(=O)c1cnn(C)c1/N=N/c1c(C)nn(-c2nc(OC)nc(-n3nc(C)c(N)c3N)n2)c1N. The monoisotopic (exact) mass is 482 g/mol. The van der Waals surface area contributed by atoms with Gasteiger partial charge < -0.3 is 26.7 Å². The van der Waals surface area contributed by atoms with Crippen LogP contribution in [0.15, 0.2) is 16.4 Å². The predicted octanol–water partition coefficient (Wildman–Crippen LogP) is 0.551. The topological polar surface area (TPSA) is 230 Å². The quantitative estimate of drug-likeness (QED) is 0.252. The fraction of sp³-hybridized carbons (Fsp3) is 0.278. The molecule has 0 atom stereocenters. The van der Waals surface area contributed by atoms with Crippen molar-refractivity contribution in [3.05, 3.63) is 23.1 Å². The van der Waals surface area contributed by atoms with E-state index < -0.39 is 5.97 Å². The van der Waals surface area contributed by atoms with Gasteiger partial charge in [0.1, 0.15) is 5.56 Å². The number of nitrogens with zero attached hydrogens (tertiary/aromatic N) is 11.